The van der Waals surface area contributed by atoms with Gasteiger partial charge in [-0.2, -0.15) is 0 Å². The third kappa shape index (κ3) is 5.86. The van der Waals surface area contributed by atoms with Crippen LogP contribution in [0.1, 0.15) is 60.5 Å². The Kier molecular flexibility index (Phi) is 7.82. The number of anilines is 1. The largest absolute Gasteiger partial charge is 0.348 e. The molecule has 3 aromatic carbocycles. The molecular weight excluding hydrogens is 444 g/mol. The van der Waals surface area contributed by atoms with Gasteiger partial charge in [0, 0.05) is 0 Å². The number of carbonyl (C=O) groups excluding carboxylic acids is 1. The number of hydrogen-bond acceptors (Lipinski definition) is 3. The molecule has 34 heavy (non-hydrogen) atoms. The number of carbonyl (C=O) groups is 1. The summed E-state index contributed by atoms with van der Waals surface area (Å²) in [7, 11) is -3.94. The highest BCUT2D eigenvalue weighted by molar-refractivity contribution is 7.92. The van der Waals surface area contributed by atoms with E-state index in [0.29, 0.717) is 11.6 Å². The first-order valence-corrected chi connectivity index (χ1v) is 13.0. The van der Waals surface area contributed by atoms with Crippen LogP contribution in [-0.4, -0.2) is 20.9 Å². The molecule has 0 saturated heterocycles. The molecule has 180 valence electrons. The molecule has 1 amide bonds. The summed E-state index contributed by atoms with van der Waals surface area (Å²) in [5.41, 5.74) is 5.77. The summed E-state index contributed by atoms with van der Waals surface area (Å²) in [5, 5.41) is 2.97. The van der Waals surface area contributed by atoms with Crippen molar-refractivity contribution in [2.45, 2.75) is 58.4 Å². The topological polar surface area (TPSA) is 66.5 Å². The fourth-order valence-electron chi connectivity index (χ4n) is 3.98. The van der Waals surface area contributed by atoms with Crippen molar-refractivity contribution >= 4 is 21.6 Å². The van der Waals surface area contributed by atoms with Gasteiger partial charge in [-0.05, 0) is 74.6 Å². The SMILES string of the molecule is Cc1ccc(S(=O)(=O)N(CC(=O)NC(C)c2ccc(C)cc2C)c2ccc(C(C)C)cc2)cc1. The maximum absolute atomic E-state index is 13.6. The number of aryl methyl sites for hydroxylation is 3. The van der Waals surface area contributed by atoms with E-state index in [1.807, 2.05) is 52.0 Å². The summed E-state index contributed by atoms with van der Waals surface area (Å²) in [6, 6.07) is 19.9. The molecule has 6 heteroatoms. The first kappa shape index (κ1) is 25.5. The van der Waals surface area contributed by atoms with Crippen LogP contribution in [0.15, 0.2) is 71.6 Å². The Morgan fingerprint density at radius 2 is 1.44 bits per heavy atom. The van der Waals surface area contributed by atoms with E-state index in [1.165, 1.54) is 4.31 Å². The van der Waals surface area contributed by atoms with E-state index in [0.717, 1.165) is 27.8 Å². The van der Waals surface area contributed by atoms with Gasteiger partial charge >= 0.3 is 0 Å². The van der Waals surface area contributed by atoms with Crippen LogP contribution >= 0.6 is 0 Å². The number of rotatable bonds is 8. The molecule has 0 aliphatic rings. The lowest BCUT2D eigenvalue weighted by Gasteiger charge is -2.26. The van der Waals surface area contributed by atoms with Gasteiger partial charge in [0.05, 0.1) is 16.6 Å². The van der Waals surface area contributed by atoms with Crippen molar-refractivity contribution in [3.8, 4) is 0 Å². The standard InChI is InChI=1S/C28H34N2O3S/c1-19(2)24-10-12-25(13-11-24)30(34(32,33)26-14-7-20(3)8-15-26)18-28(31)29-23(6)27-16-9-21(4)17-22(27)5/h7-17,19,23H,18H2,1-6H3,(H,29,31). The molecule has 0 aliphatic carbocycles. The van der Waals surface area contributed by atoms with Gasteiger partial charge in [-0.3, -0.25) is 9.10 Å². The zero-order valence-electron chi connectivity index (χ0n) is 20.8. The number of sulfonamides is 1. The van der Waals surface area contributed by atoms with Crippen LogP contribution in [0.3, 0.4) is 0 Å². The molecule has 0 spiro atoms. The van der Waals surface area contributed by atoms with E-state index >= 15 is 0 Å². The molecule has 0 aliphatic heterocycles. The van der Waals surface area contributed by atoms with E-state index in [-0.39, 0.29) is 23.4 Å². The number of benzene rings is 3. The number of nitrogens with zero attached hydrogens (tertiary/aromatic N) is 1. The number of hydrogen-bond donors (Lipinski definition) is 1. The molecule has 0 heterocycles. The van der Waals surface area contributed by atoms with Gasteiger partial charge in [-0.25, -0.2) is 8.42 Å². The van der Waals surface area contributed by atoms with Crippen LogP contribution in [0.4, 0.5) is 5.69 Å². The third-order valence-electron chi connectivity index (χ3n) is 6.01. The second-order valence-corrected chi connectivity index (χ2v) is 11.1. The van der Waals surface area contributed by atoms with E-state index in [9.17, 15) is 13.2 Å². The molecule has 0 radical (unpaired) electrons. The maximum Gasteiger partial charge on any atom is 0.264 e. The van der Waals surface area contributed by atoms with Crippen LogP contribution < -0.4 is 9.62 Å². The summed E-state index contributed by atoms with van der Waals surface area (Å²) in [6.45, 7) is 11.7. The number of amides is 1. The van der Waals surface area contributed by atoms with E-state index < -0.39 is 10.0 Å². The fourth-order valence-corrected chi connectivity index (χ4v) is 5.41. The summed E-state index contributed by atoms with van der Waals surface area (Å²) in [6.07, 6.45) is 0. The molecule has 3 rings (SSSR count). The van der Waals surface area contributed by atoms with Crippen molar-refractivity contribution in [2.75, 3.05) is 10.8 Å². The van der Waals surface area contributed by atoms with E-state index in [4.69, 9.17) is 0 Å². The van der Waals surface area contributed by atoms with Gasteiger partial charge < -0.3 is 5.32 Å². The van der Waals surface area contributed by atoms with Crippen LogP contribution in [0.5, 0.6) is 0 Å². The lowest BCUT2D eigenvalue weighted by Crippen LogP contribution is -2.41. The van der Waals surface area contributed by atoms with E-state index in [1.54, 1.807) is 36.4 Å². The minimum absolute atomic E-state index is 0.154. The smallest absolute Gasteiger partial charge is 0.264 e. The Morgan fingerprint density at radius 1 is 0.853 bits per heavy atom. The summed E-state index contributed by atoms with van der Waals surface area (Å²) >= 11 is 0. The van der Waals surface area contributed by atoms with Crippen LogP contribution in [0, 0.1) is 20.8 Å². The maximum atomic E-state index is 13.6. The van der Waals surface area contributed by atoms with Crippen LogP contribution in [-0.2, 0) is 14.8 Å². The summed E-state index contributed by atoms with van der Waals surface area (Å²) in [4.78, 5) is 13.2. The molecule has 3 aromatic rings. The first-order valence-electron chi connectivity index (χ1n) is 11.5. The minimum atomic E-state index is -3.94. The Hall–Kier alpha value is -3.12. The molecule has 1 N–H and O–H groups in total. The third-order valence-corrected chi connectivity index (χ3v) is 7.80. The van der Waals surface area contributed by atoms with Gasteiger partial charge in [0.15, 0.2) is 0 Å². The quantitative estimate of drug-likeness (QED) is 0.444. The molecule has 5 nitrogen and oxygen atoms in total. The first-order chi connectivity index (χ1) is 16.0. The van der Waals surface area contributed by atoms with Crippen LogP contribution in [0.2, 0.25) is 0 Å². The lowest BCUT2D eigenvalue weighted by molar-refractivity contribution is -0.120. The highest BCUT2D eigenvalue weighted by Crippen LogP contribution is 2.26. The molecule has 0 fully saturated rings. The molecule has 0 aromatic heterocycles. The Bertz CT molecular complexity index is 1250. The van der Waals surface area contributed by atoms with Crippen molar-refractivity contribution in [1.29, 1.82) is 0 Å². The second kappa shape index (κ2) is 10.4. The summed E-state index contributed by atoms with van der Waals surface area (Å²) in [5.74, 6) is -0.0470. The molecular formula is C28H34N2O3S. The Labute approximate surface area is 203 Å². The van der Waals surface area contributed by atoms with Crippen LogP contribution in [0.25, 0.3) is 0 Å². The Balaban J connectivity index is 1.91. The van der Waals surface area contributed by atoms with Gasteiger partial charge in [-0.1, -0.05) is 67.4 Å². The minimum Gasteiger partial charge on any atom is -0.348 e. The van der Waals surface area contributed by atoms with Gasteiger partial charge in [0.2, 0.25) is 5.91 Å². The predicted molar refractivity (Wildman–Crippen MR) is 139 cm³/mol. The zero-order valence-corrected chi connectivity index (χ0v) is 21.6. The highest BCUT2D eigenvalue weighted by Gasteiger charge is 2.28. The monoisotopic (exact) mass is 478 g/mol. The average Bonchev–Trinajstić information content (AvgIpc) is 2.77. The van der Waals surface area contributed by atoms with Gasteiger partial charge in [-0.15, -0.1) is 0 Å². The summed E-state index contributed by atoms with van der Waals surface area (Å²) < 4.78 is 28.4. The average molecular weight is 479 g/mol. The van der Waals surface area contributed by atoms with Crippen molar-refractivity contribution in [2.24, 2.45) is 0 Å². The van der Waals surface area contributed by atoms with Gasteiger partial charge in [0.25, 0.3) is 10.0 Å². The van der Waals surface area contributed by atoms with Crippen molar-refractivity contribution in [3.05, 3.63) is 94.5 Å². The second-order valence-electron chi connectivity index (χ2n) is 9.22. The van der Waals surface area contributed by atoms with Crippen molar-refractivity contribution in [1.82, 2.24) is 5.32 Å². The van der Waals surface area contributed by atoms with Crippen molar-refractivity contribution in [3.63, 3.8) is 0 Å². The normalized spacial score (nSPS) is 12.4. The Morgan fingerprint density at radius 3 is 2.00 bits per heavy atom. The molecule has 1 unspecified atom stereocenters. The van der Waals surface area contributed by atoms with E-state index in [2.05, 4.69) is 25.2 Å². The zero-order chi connectivity index (χ0) is 25.0. The highest BCUT2D eigenvalue weighted by atomic mass is 32.2. The lowest BCUT2D eigenvalue weighted by atomic mass is 10.0. The molecule has 1 atom stereocenters. The molecule has 0 bridgehead atoms. The van der Waals surface area contributed by atoms with Crippen molar-refractivity contribution < 1.29 is 13.2 Å². The predicted octanol–water partition coefficient (Wildman–Crippen LogP) is 5.81. The fraction of sp³-hybridized carbons (Fsp3) is 0.321. The molecule has 0 saturated carbocycles. The van der Waals surface area contributed by atoms with Gasteiger partial charge in [0.1, 0.15) is 6.54 Å². The number of nitrogens with one attached hydrogen (secondary N) is 1.